The molecule has 2 N–H and O–H groups in total. The Kier molecular flexibility index (Phi) is 12.9. The summed E-state index contributed by atoms with van der Waals surface area (Å²) in [6.07, 6.45) is -2.61. The van der Waals surface area contributed by atoms with Crippen molar-refractivity contribution in [3.8, 4) is 11.5 Å². The Labute approximate surface area is 242 Å². The molecule has 1 aromatic rings. The molecule has 0 amide bonds. The fourth-order valence-electron chi connectivity index (χ4n) is 2.78. The Balaban J connectivity index is 2.98. The van der Waals surface area contributed by atoms with E-state index in [1.807, 2.05) is 13.8 Å². The molecule has 0 bridgehead atoms. The van der Waals surface area contributed by atoms with Gasteiger partial charge in [0.25, 0.3) is 0 Å². The smallest absolute Gasteiger partial charge is 0.458 e. The molecule has 41 heavy (non-hydrogen) atoms. The molecule has 232 valence electrons. The molecule has 1 rings (SSSR count). The number of carbonyl (C=O) groups is 4. The van der Waals surface area contributed by atoms with Crippen LogP contribution in [0.15, 0.2) is 18.2 Å². The normalized spacial score (nSPS) is 13.3. The molecular formula is C29H45NO11. The van der Waals surface area contributed by atoms with Gasteiger partial charge >= 0.3 is 24.4 Å². The van der Waals surface area contributed by atoms with Gasteiger partial charge in [0.2, 0.25) is 0 Å². The van der Waals surface area contributed by atoms with E-state index in [9.17, 15) is 19.2 Å². The number of hydrogen-bond acceptors (Lipinski definition) is 12. The van der Waals surface area contributed by atoms with Crippen LogP contribution in [0.5, 0.6) is 11.5 Å². The number of hydrogen-bond donors (Lipinski definition) is 1. The first kappa shape index (κ1) is 35.5. The van der Waals surface area contributed by atoms with Gasteiger partial charge in [-0.1, -0.05) is 19.9 Å². The SMILES string of the molecule is CCC(C)(C)OC(=O)Oc1ccc(C[C@H](N)C(=O)O[C@@H](C)COC(=O)OC(C)(C)C)cc1OC(=O)OC(C)(C)CC. The monoisotopic (exact) mass is 583 g/mol. The molecule has 0 fully saturated rings. The highest BCUT2D eigenvalue weighted by molar-refractivity contribution is 5.76. The largest absolute Gasteiger partial charge is 0.514 e. The van der Waals surface area contributed by atoms with Crippen molar-refractivity contribution in [1.29, 1.82) is 0 Å². The lowest BCUT2D eigenvalue weighted by Gasteiger charge is -2.24. The lowest BCUT2D eigenvalue weighted by molar-refractivity contribution is -0.152. The van der Waals surface area contributed by atoms with Crippen molar-refractivity contribution in [1.82, 2.24) is 0 Å². The van der Waals surface area contributed by atoms with E-state index in [1.165, 1.54) is 19.1 Å². The first-order valence-electron chi connectivity index (χ1n) is 13.5. The number of rotatable bonds is 12. The van der Waals surface area contributed by atoms with Crippen LogP contribution >= 0.6 is 0 Å². The third-order valence-electron chi connectivity index (χ3n) is 5.72. The summed E-state index contributed by atoms with van der Waals surface area (Å²) in [5.41, 5.74) is 4.23. The summed E-state index contributed by atoms with van der Waals surface area (Å²) in [7, 11) is 0. The van der Waals surface area contributed by atoms with Crippen LogP contribution in [0.3, 0.4) is 0 Å². The Hall–Kier alpha value is -3.54. The van der Waals surface area contributed by atoms with Gasteiger partial charge < -0.3 is 38.9 Å². The molecule has 12 nitrogen and oxygen atoms in total. The Bertz CT molecular complexity index is 1060. The summed E-state index contributed by atoms with van der Waals surface area (Å²) in [5.74, 6) is -0.978. The maximum atomic E-state index is 12.5. The average molecular weight is 584 g/mol. The molecule has 12 heteroatoms. The number of esters is 1. The summed E-state index contributed by atoms with van der Waals surface area (Å²) < 4.78 is 36.6. The van der Waals surface area contributed by atoms with Gasteiger partial charge in [-0.15, -0.1) is 0 Å². The minimum Gasteiger partial charge on any atom is -0.458 e. The standard InChI is InChI=1S/C29H45NO11/c1-11-28(7,8)40-25(33)37-21-14-13-19(16-22(21)38-26(34)41-29(9,10)12-2)15-20(30)23(31)36-18(3)17-35-24(32)39-27(4,5)6/h13-14,16,18,20H,11-12,15,17,30H2,1-10H3/t18-,20-/m0/s1. The Morgan fingerprint density at radius 2 is 1.29 bits per heavy atom. The highest BCUT2D eigenvalue weighted by Gasteiger charge is 2.27. The predicted octanol–water partition coefficient (Wildman–Crippen LogP) is 5.85. The van der Waals surface area contributed by atoms with Gasteiger partial charge in [-0.2, -0.15) is 0 Å². The lowest BCUT2D eigenvalue weighted by atomic mass is 10.1. The fourth-order valence-corrected chi connectivity index (χ4v) is 2.78. The molecule has 2 atom stereocenters. The zero-order valence-corrected chi connectivity index (χ0v) is 25.8. The van der Waals surface area contributed by atoms with Gasteiger partial charge in [0.1, 0.15) is 35.6 Å². The first-order valence-corrected chi connectivity index (χ1v) is 13.5. The number of benzene rings is 1. The average Bonchev–Trinajstić information content (AvgIpc) is 2.82. The van der Waals surface area contributed by atoms with Crippen LogP contribution in [0.2, 0.25) is 0 Å². The van der Waals surface area contributed by atoms with Crippen LogP contribution in [0.1, 0.15) is 87.6 Å². The molecule has 0 spiro atoms. The first-order chi connectivity index (χ1) is 18.8. The zero-order valence-electron chi connectivity index (χ0n) is 25.8. The van der Waals surface area contributed by atoms with Crippen molar-refractivity contribution < 1.29 is 52.3 Å². The summed E-state index contributed by atoms with van der Waals surface area (Å²) in [6.45, 7) is 17.0. The molecular weight excluding hydrogens is 538 g/mol. The quantitative estimate of drug-likeness (QED) is 0.178. The molecule has 0 aromatic heterocycles. The molecule has 0 saturated heterocycles. The number of ether oxygens (including phenoxy) is 7. The van der Waals surface area contributed by atoms with Crippen LogP contribution in [-0.4, -0.2) is 60.0 Å². The van der Waals surface area contributed by atoms with E-state index in [0.717, 1.165) is 0 Å². The second kappa shape index (κ2) is 14.9. The maximum Gasteiger partial charge on any atom is 0.514 e. The summed E-state index contributed by atoms with van der Waals surface area (Å²) in [4.78, 5) is 49.1. The maximum absolute atomic E-state index is 12.5. The fraction of sp³-hybridized carbons (Fsp3) is 0.655. The minimum atomic E-state index is -1.11. The summed E-state index contributed by atoms with van der Waals surface area (Å²) in [6, 6.07) is 3.22. The van der Waals surface area contributed by atoms with E-state index in [4.69, 9.17) is 38.9 Å². The Morgan fingerprint density at radius 3 is 1.78 bits per heavy atom. The molecule has 0 radical (unpaired) electrons. The molecule has 0 aliphatic rings. The second-order valence-corrected chi connectivity index (χ2v) is 11.7. The van der Waals surface area contributed by atoms with Gasteiger partial charge in [-0.3, -0.25) is 4.79 Å². The van der Waals surface area contributed by atoms with Crippen molar-refractivity contribution in [3.63, 3.8) is 0 Å². The second-order valence-electron chi connectivity index (χ2n) is 11.7. The molecule has 0 aliphatic carbocycles. The van der Waals surface area contributed by atoms with Crippen LogP contribution in [0.4, 0.5) is 14.4 Å². The zero-order chi connectivity index (χ0) is 31.6. The van der Waals surface area contributed by atoms with Crippen LogP contribution in [0, 0.1) is 0 Å². The van der Waals surface area contributed by atoms with Crippen molar-refractivity contribution in [3.05, 3.63) is 23.8 Å². The predicted molar refractivity (Wildman–Crippen MR) is 149 cm³/mol. The van der Waals surface area contributed by atoms with Crippen molar-refractivity contribution in [2.75, 3.05) is 6.61 Å². The summed E-state index contributed by atoms with van der Waals surface area (Å²) >= 11 is 0. The van der Waals surface area contributed by atoms with Gasteiger partial charge in [0.15, 0.2) is 11.5 Å². The number of nitrogens with two attached hydrogens (primary N) is 1. The molecule has 0 heterocycles. The van der Waals surface area contributed by atoms with E-state index >= 15 is 0 Å². The van der Waals surface area contributed by atoms with E-state index in [1.54, 1.807) is 54.5 Å². The van der Waals surface area contributed by atoms with Crippen LogP contribution in [-0.2, 0) is 34.9 Å². The molecule has 0 saturated carbocycles. The van der Waals surface area contributed by atoms with Crippen LogP contribution in [0.25, 0.3) is 0 Å². The van der Waals surface area contributed by atoms with Crippen LogP contribution < -0.4 is 15.2 Å². The van der Waals surface area contributed by atoms with E-state index < -0.39 is 53.4 Å². The van der Waals surface area contributed by atoms with Gasteiger partial charge in [0.05, 0.1) is 0 Å². The van der Waals surface area contributed by atoms with Crippen molar-refractivity contribution in [2.24, 2.45) is 5.73 Å². The summed E-state index contributed by atoms with van der Waals surface area (Å²) in [5, 5.41) is 0. The molecule has 0 unspecified atom stereocenters. The number of carbonyl (C=O) groups excluding carboxylic acids is 4. The highest BCUT2D eigenvalue weighted by atomic mass is 16.8. The minimum absolute atomic E-state index is 0.0159. The molecule has 0 aliphatic heterocycles. The van der Waals surface area contributed by atoms with Gasteiger partial charge in [0, 0.05) is 0 Å². The van der Waals surface area contributed by atoms with E-state index in [-0.39, 0.29) is 24.5 Å². The third-order valence-corrected chi connectivity index (χ3v) is 5.72. The topological polar surface area (TPSA) is 159 Å². The van der Waals surface area contributed by atoms with Gasteiger partial charge in [-0.25, -0.2) is 14.4 Å². The van der Waals surface area contributed by atoms with E-state index in [0.29, 0.717) is 18.4 Å². The van der Waals surface area contributed by atoms with Gasteiger partial charge in [-0.05, 0) is 92.3 Å². The lowest BCUT2D eigenvalue weighted by Crippen LogP contribution is -2.37. The van der Waals surface area contributed by atoms with Crippen molar-refractivity contribution in [2.45, 2.75) is 117 Å². The van der Waals surface area contributed by atoms with Crippen molar-refractivity contribution >= 4 is 24.4 Å². The van der Waals surface area contributed by atoms with E-state index in [2.05, 4.69) is 0 Å². The third kappa shape index (κ3) is 14.1. The molecule has 1 aromatic carbocycles. The Morgan fingerprint density at radius 1 is 0.780 bits per heavy atom. The highest BCUT2D eigenvalue weighted by Crippen LogP contribution is 2.31.